The Hall–Kier alpha value is -0.960. The van der Waals surface area contributed by atoms with Crippen LogP contribution in [0.25, 0.3) is 0 Å². The number of hydrogen-bond acceptors (Lipinski definition) is 3. The Bertz CT molecular complexity index is 859. The third kappa shape index (κ3) is 4.61. The molecule has 1 saturated heterocycles. The lowest BCUT2D eigenvalue weighted by Gasteiger charge is -2.19. The van der Waals surface area contributed by atoms with Gasteiger partial charge in [-0.1, -0.05) is 15.9 Å². The lowest BCUT2D eigenvalue weighted by atomic mass is 10.1. The molecule has 1 aliphatic heterocycles. The number of sulfonamides is 1. The first kappa shape index (κ1) is 18.8. The van der Waals surface area contributed by atoms with Crippen LogP contribution in [0.1, 0.15) is 6.42 Å². The van der Waals surface area contributed by atoms with Crippen molar-refractivity contribution < 1.29 is 12.8 Å². The highest BCUT2D eigenvalue weighted by Crippen LogP contribution is 2.27. The highest BCUT2D eigenvalue weighted by atomic mass is 79.9. The van der Waals surface area contributed by atoms with Crippen LogP contribution in [-0.4, -0.2) is 28.1 Å². The summed E-state index contributed by atoms with van der Waals surface area (Å²) in [6.07, 6.45) is 0.888. The van der Waals surface area contributed by atoms with Crippen LogP contribution in [0.4, 0.5) is 10.1 Å². The molecule has 3 rings (SSSR count). The molecule has 134 valence electrons. The highest BCUT2D eigenvalue weighted by Gasteiger charge is 2.25. The van der Waals surface area contributed by atoms with Gasteiger partial charge in [0.2, 0.25) is 10.0 Å². The summed E-state index contributed by atoms with van der Waals surface area (Å²) in [5.41, 5.74) is 0.960. The van der Waals surface area contributed by atoms with Crippen molar-refractivity contribution in [1.82, 2.24) is 4.72 Å². The van der Waals surface area contributed by atoms with E-state index in [1.165, 1.54) is 12.1 Å². The largest absolute Gasteiger partial charge is 0.371 e. The lowest BCUT2D eigenvalue weighted by Crippen LogP contribution is -2.31. The van der Waals surface area contributed by atoms with Crippen molar-refractivity contribution in [2.24, 2.45) is 5.92 Å². The van der Waals surface area contributed by atoms with E-state index in [1.807, 2.05) is 0 Å². The molecule has 1 N–H and O–H groups in total. The summed E-state index contributed by atoms with van der Waals surface area (Å²) in [6.45, 7) is 1.95. The summed E-state index contributed by atoms with van der Waals surface area (Å²) >= 11 is 6.59. The van der Waals surface area contributed by atoms with Gasteiger partial charge in [0.1, 0.15) is 5.82 Å². The summed E-state index contributed by atoms with van der Waals surface area (Å²) in [5, 5.41) is 0. The molecule has 2 aromatic carbocycles. The second-order valence-corrected chi connectivity index (χ2v) is 9.51. The molecule has 8 heteroatoms. The van der Waals surface area contributed by atoms with Gasteiger partial charge in [-0.15, -0.1) is 0 Å². The Morgan fingerprint density at radius 1 is 1.16 bits per heavy atom. The molecule has 1 atom stereocenters. The van der Waals surface area contributed by atoms with Crippen molar-refractivity contribution in [3.05, 3.63) is 57.2 Å². The zero-order chi connectivity index (χ0) is 18.0. The smallest absolute Gasteiger partial charge is 0.241 e. The number of halogens is 3. The van der Waals surface area contributed by atoms with Gasteiger partial charge in [0, 0.05) is 34.3 Å². The van der Waals surface area contributed by atoms with Crippen LogP contribution >= 0.6 is 31.9 Å². The van der Waals surface area contributed by atoms with Gasteiger partial charge in [-0.2, -0.15) is 0 Å². The molecule has 0 aliphatic carbocycles. The number of anilines is 1. The summed E-state index contributed by atoms with van der Waals surface area (Å²) in [4.78, 5) is 2.36. The van der Waals surface area contributed by atoms with Gasteiger partial charge in [0.25, 0.3) is 0 Å². The molecule has 4 nitrogen and oxygen atoms in total. The normalized spacial score (nSPS) is 17.9. The molecule has 1 fully saturated rings. The fourth-order valence-corrected chi connectivity index (χ4v) is 5.49. The quantitative estimate of drug-likeness (QED) is 0.683. The van der Waals surface area contributed by atoms with Crippen LogP contribution in [0.2, 0.25) is 0 Å². The van der Waals surface area contributed by atoms with Crippen LogP contribution < -0.4 is 9.62 Å². The number of benzene rings is 2. The van der Waals surface area contributed by atoms with Crippen LogP contribution in [0.3, 0.4) is 0 Å². The van der Waals surface area contributed by atoms with E-state index < -0.39 is 10.0 Å². The van der Waals surface area contributed by atoms with E-state index in [1.54, 1.807) is 30.3 Å². The maximum atomic E-state index is 13.0. The second-order valence-electron chi connectivity index (χ2n) is 6.00. The van der Waals surface area contributed by atoms with Gasteiger partial charge in [0.15, 0.2) is 0 Å². The topological polar surface area (TPSA) is 49.4 Å². The average molecular weight is 492 g/mol. The van der Waals surface area contributed by atoms with Gasteiger partial charge in [-0.25, -0.2) is 17.5 Å². The van der Waals surface area contributed by atoms with E-state index in [-0.39, 0.29) is 16.6 Å². The molecule has 0 bridgehead atoms. The minimum Gasteiger partial charge on any atom is -0.371 e. The zero-order valence-corrected chi connectivity index (χ0v) is 17.2. The summed E-state index contributed by atoms with van der Waals surface area (Å²) in [6, 6.07) is 11.4. The highest BCUT2D eigenvalue weighted by molar-refractivity contribution is 9.11. The maximum Gasteiger partial charge on any atom is 0.241 e. The monoisotopic (exact) mass is 490 g/mol. The minimum atomic E-state index is -3.58. The Morgan fingerprint density at radius 3 is 2.60 bits per heavy atom. The molecular formula is C17H17Br2FN2O2S. The van der Waals surface area contributed by atoms with Gasteiger partial charge in [-0.05, 0) is 70.7 Å². The average Bonchev–Trinajstić information content (AvgIpc) is 3.05. The predicted molar refractivity (Wildman–Crippen MR) is 104 cm³/mol. The predicted octanol–water partition coefficient (Wildman–Crippen LogP) is 4.16. The molecule has 1 heterocycles. The van der Waals surface area contributed by atoms with E-state index in [0.717, 1.165) is 25.2 Å². The van der Waals surface area contributed by atoms with E-state index in [0.29, 0.717) is 15.5 Å². The molecule has 0 radical (unpaired) electrons. The molecule has 0 aromatic heterocycles. The van der Waals surface area contributed by atoms with E-state index >= 15 is 0 Å². The first-order chi connectivity index (χ1) is 11.8. The van der Waals surface area contributed by atoms with Crippen molar-refractivity contribution in [2.45, 2.75) is 11.3 Å². The fourth-order valence-electron chi connectivity index (χ4n) is 2.87. The first-order valence-corrected chi connectivity index (χ1v) is 10.9. The second kappa shape index (κ2) is 7.73. The fraction of sp³-hybridized carbons (Fsp3) is 0.294. The Labute approximate surface area is 163 Å². The molecule has 0 unspecified atom stereocenters. The van der Waals surface area contributed by atoms with Crippen molar-refractivity contribution in [3.63, 3.8) is 0 Å². The molecule has 2 aromatic rings. The van der Waals surface area contributed by atoms with Crippen LogP contribution in [0, 0.1) is 11.7 Å². The first-order valence-electron chi connectivity index (χ1n) is 7.80. The van der Waals surface area contributed by atoms with E-state index in [2.05, 4.69) is 41.5 Å². The zero-order valence-electron chi connectivity index (χ0n) is 13.3. The van der Waals surface area contributed by atoms with Crippen LogP contribution in [0.5, 0.6) is 0 Å². The number of nitrogens with one attached hydrogen (secondary N) is 1. The third-order valence-corrected chi connectivity index (χ3v) is 7.13. The van der Waals surface area contributed by atoms with Crippen LogP contribution in [0.15, 0.2) is 56.3 Å². The number of rotatable bonds is 5. The van der Waals surface area contributed by atoms with E-state index in [9.17, 15) is 12.8 Å². The molecule has 1 aliphatic rings. The standard InChI is InChI=1S/C17H17Br2FN2O2S/c18-13-1-6-16(19)17(9-13)25(23,24)21-10-12-7-8-22(11-12)15-4-2-14(20)3-5-15/h1-6,9,12,21H,7-8,10-11H2/t12-/m1/s1. The van der Waals surface area contributed by atoms with Gasteiger partial charge >= 0.3 is 0 Å². The van der Waals surface area contributed by atoms with Gasteiger partial charge in [-0.3, -0.25) is 0 Å². The minimum absolute atomic E-state index is 0.214. The Morgan fingerprint density at radius 2 is 1.88 bits per heavy atom. The summed E-state index contributed by atoms with van der Waals surface area (Å²) < 4.78 is 42.0. The van der Waals surface area contributed by atoms with Crippen molar-refractivity contribution >= 4 is 47.6 Å². The number of nitrogens with zero attached hydrogens (tertiary/aromatic N) is 1. The third-order valence-electron chi connectivity index (χ3n) is 4.22. The van der Waals surface area contributed by atoms with Crippen molar-refractivity contribution in [3.8, 4) is 0 Å². The van der Waals surface area contributed by atoms with Crippen molar-refractivity contribution in [1.29, 1.82) is 0 Å². The molecular weight excluding hydrogens is 475 g/mol. The molecule has 0 spiro atoms. The number of hydrogen-bond donors (Lipinski definition) is 1. The Kier molecular flexibility index (Phi) is 5.82. The Balaban J connectivity index is 1.62. The lowest BCUT2D eigenvalue weighted by molar-refractivity contribution is 0.541. The van der Waals surface area contributed by atoms with E-state index in [4.69, 9.17) is 0 Å². The molecule has 0 saturated carbocycles. The summed E-state index contributed by atoms with van der Waals surface area (Å²) in [5.74, 6) is -0.0439. The summed E-state index contributed by atoms with van der Waals surface area (Å²) in [7, 11) is -3.58. The SMILES string of the molecule is O=S(=O)(NC[C@H]1CCN(c2ccc(F)cc2)C1)c1cc(Br)ccc1Br. The maximum absolute atomic E-state index is 13.0. The molecule has 0 amide bonds. The van der Waals surface area contributed by atoms with Crippen LogP contribution in [-0.2, 0) is 10.0 Å². The van der Waals surface area contributed by atoms with Crippen molar-refractivity contribution in [2.75, 3.05) is 24.5 Å². The molecule has 25 heavy (non-hydrogen) atoms. The van der Waals surface area contributed by atoms with Gasteiger partial charge in [0.05, 0.1) is 4.90 Å². The van der Waals surface area contributed by atoms with Gasteiger partial charge < -0.3 is 4.90 Å².